The number of benzene rings is 1. The second kappa shape index (κ2) is 5.41. The quantitative estimate of drug-likeness (QED) is 0.612. The molecule has 0 aromatic heterocycles. The number of hydrogen-bond donors (Lipinski definition) is 2. The Balaban J connectivity index is 2.92. The molecule has 0 unspecified atom stereocenters. The third-order valence-electron chi connectivity index (χ3n) is 1.89. The molecule has 1 aromatic rings. The number of carboxylic acid groups (broad SMARTS) is 1. The Morgan fingerprint density at radius 2 is 2.27 bits per heavy atom. The number of carboxylic acids is 1. The third kappa shape index (κ3) is 3.29. The van der Waals surface area contributed by atoms with Crippen LogP contribution in [0.5, 0.6) is 0 Å². The molecule has 0 heterocycles. The van der Waals surface area contributed by atoms with E-state index in [4.69, 9.17) is 22.4 Å². The molecular formula is C11H12ClNO2. The van der Waals surface area contributed by atoms with Gasteiger partial charge in [-0.15, -0.1) is 11.6 Å². The first-order valence-corrected chi connectivity index (χ1v) is 5.04. The molecule has 0 saturated carbocycles. The number of nitrogen functional groups attached to an aromatic ring is 1. The summed E-state index contributed by atoms with van der Waals surface area (Å²) in [5.74, 6) is -0.461. The smallest absolute Gasteiger partial charge is 0.337 e. The summed E-state index contributed by atoms with van der Waals surface area (Å²) in [6, 6.07) is 4.90. The summed E-state index contributed by atoms with van der Waals surface area (Å²) in [4.78, 5) is 10.8. The highest BCUT2D eigenvalue weighted by atomic mass is 35.5. The first-order chi connectivity index (χ1) is 7.15. The normalized spacial score (nSPS) is 10.7. The van der Waals surface area contributed by atoms with Crippen molar-refractivity contribution >= 4 is 29.3 Å². The van der Waals surface area contributed by atoms with Gasteiger partial charge in [-0.2, -0.15) is 0 Å². The van der Waals surface area contributed by atoms with Crippen molar-refractivity contribution < 1.29 is 9.90 Å². The van der Waals surface area contributed by atoms with Gasteiger partial charge in [-0.05, 0) is 24.1 Å². The van der Waals surface area contributed by atoms with Crippen LogP contribution in [0, 0.1) is 0 Å². The molecule has 3 nitrogen and oxygen atoms in total. The number of hydrogen-bond acceptors (Lipinski definition) is 2. The Hall–Kier alpha value is -1.48. The van der Waals surface area contributed by atoms with E-state index in [9.17, 15) is 4.79 Å². The molecule has 0 atom stereocenters. The highest BCUT2D eigenvalue weighted by molar-refractivity contribution is 6.17. The zero-order valence-electron chi connectivity index (χ0n) is 8.11. The van der Waals surface area contributed by atoms with Crippen LogP contribution in [-0.2, 0) is 0 Å². The fourth-order valence-corrected chi connectivity index (χ4v) is 1.27. The number of allylic oxidation sites excluding steroid dienone is 1. The van der Waals surface area contributed by atoms with E-state index < -0.39 is 5.97 Å². The minimum absolute atomic E-state index is 0.128. The lowest BCUT2D eigenvalue weighted by Crippen LogP contribution is -2.02. The average Bonchev–Trinajstić information content (AvgIpc) is 2.20. The third-order valence-corrected chi connectivity index (χ3v) is 2.11. The lowest BCUT2D eigenvalue weighted by Gasteiger charge is -2.01. The molecule has 0 bridgehead atoms. The fraction of sp³-hybridized carbons (Fsp3) is 0.182. The van der Waals surface area contributed by atoms with Gasteiger partial charge in [-0.1, -0.05) is 18.2 Å². The van der Waals surface area contributed by atoms with Crippen LogP contribution in [0.3, 0.4) is 0 Å². The predicted molar refractivity (Wildman–Crippen MR) is 62.2 cm³/mol. The number of aromatic carboxylic acids is 1. The summed E-state index contributed by atoms with van der Waals surface area (Å²) >= 11 is 5.51. The summed E-state index contributed by atoms with van der Waals surface area (Å²) in [5, 5.41) is 8.84. The zero-order valence-corrected chi connectivity index (χ0v) is 8.87. The Labute approximate surface area is 93.2 Å². The van der Waals surface area contributed by atoms with Crippen molar-refractivity contribution in [2.45, 2.75) is 6.42 Å². The number of halogens is 1. The molecule has 0 spiro atoms. The van der Waals surface area contributed by atoms with E-state index >= 15 is 0 Å². The van der Waals surface area contributed by atoms with E-state index in [1.54, 1.807) is 18.2 Å². The van der Waals surface area contributed by atoms with E-state index in [1.807, 2.05) is 12.2 Å². The molecule has 0 aliphatic heterocycles. The number of nitrogens with two attached hydrogens (primary N) is 1. The molecule has 4 heteroatoms. The van der Waals surface area contributed by atoms with Crippen LogP contribution in [0.2, 0.25) is 0 Å². The summed E-state index contributed by atoms with van der Waals surface area (Å²) in [6.45, 7) is 0. The highest BCUT2D eigenvalue weighted by Gasteiger charge is 2.06. The summed E-state index contributed by atoms with van der Waals surface area (Å²) in [7, 11) is 0. The Morgan fingerprint density at radius 3 is 2.87 bits per heavy atom. The lowest BCUT2D eigenvalue weighted by molar-refractivity contribution is 0.0698. The fourth-order valence-electron chi connectivity index (χ4n) is 1.15. The molecule has 15 heavy (non-hydrogen) atoms. The van der Waals surface area contributed by atoms with Crippen LogP contribution >= 0.6 is 11.6 Å². The zero-order chi connectivity index (χ0) is 11.3. The maximum atomic E-state index is 10.8. The standard InChI is InChI=1S/C11H12ClNO2/c12-6-2-1-3-8-4-5-10(13)9(7-8)11(14)15/h1,3-5,7H,2,6,13H2,(H,14,15). The molecule has 1 aromatic carbocycles. The van der Waals surface area contributed by atoms with Gasteiger partial charge >= 0.3 is 5.97 Å². The van der Waals surface area contributed by atoms with Crippen molar-refractivity contribution in [3.63, 3.8) is 0 Å². The van der Waals surface area contributed by atoms with Crippen LogP contribution in [0.15, 0.2) is 24.3 Å². The largest absolute Gasteiger partial charge is 0.478 e. The second-order valence-corrected chi connectivity index (χ2v) is 3.41. The van der Waals surface area contributed by atoms with Gasteiger partial charge in [0.2, 0.25) is 0 Å². The Morgan fingerprint density at radius 1 is 1.53 bits per heavy atom. The van der Waals surface area contributed by atoms with E-state index in [0.717, 1.165) is 12.0 Å². The number of rotatable bonds is 4. The second-order valence-electron chi connectivity index (χ2n) is 3.03. The molecule has 0 aliphatic carbocycles. The Kier molecular flexibility index (Phi) is 4.18. The summed E-state index contributed by atoms with van der Waals surface area (Å²) < 4.78 is 0. The van der Waals surface area contributed by atoms with Gasteiger partial charge in [0.1, 0.15) is 0 Å². The van der Waals surface area contributed by atoms with Crippen molar-refractivity contribution in [1.82, 2.24) is 0 Å². The predicted octanol–water partition coefficient (Wildman–Crippen LogP) is 2.61. The molecule has 0 radical (unpaired) electrons. The van der Waals surface area contributed by atoms with Gasteiger partial charge in [0.15, 0.2) is 0 Å². The molecule has 0 amide bonds. The van der Waals surface area contributed by atoms with Crippen molar-refractivity contribution in [3.8, 4) is 0 Å². The minimum Gasteiger partial charge on any atom is -0.478 e. The molecule has 0 aliphatic rings. The lowest BCUT2D eigenvalue weighted by atomic mass is 10.1. The molecule has 1 rings (SSSR count). The SMILES string of the molecule is Nc1ccc(C=CCCCl)cc1C(=O)O. The van der Waals surface area contributed by atoms with Gasteiger partial charge in [-0.25, -0.2) is 4.79 Å². The van der Waals surface area contributed by atoms with Crippen molar-refractivity contribution in [1.29, 1.82) is 0 Å². The number of anilines is 1. The summed E-state index contributed by atoms with van der Waals surface area (Å²) in [5.41, 5.74) is 6.73. The van der Waals surface area contributed by atoms with Crippen LogP contribution in [0.1, 0.15) is 22.3 Å². The first kappa shape index (κ1) is 11.6. The Bertz CT molecular complexity index is 388. The average molecular weight is 226 g/mol. The van der Waals surface area contributed by atoms with Crippen LogP contribution in [-0.4, -0.2) is 17.0 Å². The minimum atomic E-state index is -1.01. The first-order valence-electron chi connectivity index (χ1n) is 4.50. The maximum absolute atomic E-state index is 10.8. The highest BCUT2D eigenvalue weighted by Crippen LogP contribution is 2.15. The topological polar surface area (TPSA) is 63.3 Å². The van der Waals surface area contributed by atoms with E-state index in [1.165, 1.54) is 0 Å². The maximum Gasteiger partial charge on any atom is 0.337 e. The number of alkyl halides is 1. The molecular weight excluding hydrogens is 214 g/mol. The monoisotopic (exact) mass is 225 g/mol. The van der Waals surface area contributed by atoms with E-state index in [0.29, 0.717) is 5.88 Å². The summed E-state index contributed by atoms with van der Waals surface area (Å²) in [6.07, 6.45) is 4.48. The van der Waals surface area contributed by atoms with Crippen LogP contribution < -0.4 is 5.73 Å². The van der Waals surface area contributed by atoms with Gasteiger partial charge in [0.25, 0.3) is 0 Å². The number of carbonyl (C=O) groups is 1. The van der Waals surface area contributed by atoms with Crippen molar-refractivity contribution in [2.75, 3.05) is 11.6 Å². The molecule has 3 N–H and O–H groups in total. The van der Waals surface area contributed by atoms with Crippen LogP contribution in [0.25, 0.3) is 6.08 Å². The van der Waals surface area contributed by atoms with Crippen molar-refractivity contribution in [2.24, 2.45) is 0 Å². The van der Waals surface area contributed by atoms with Gasteiger partial charge in [0.05, 0.1) is 5.56 Å². The van der Waals surface area contributed by atoms with Gasteiger partial charge in [0, 0.05) is 11.6 Å². The van der Waals surface area contributed by atoms with Gasteiger partial charge in [-0.3, -0.25) is 0 Å². The van der Waals surface area contributed by atoms with E-state index in [-0.39, 0.29) is 11.3 Å². The van der Waals surface area contributed by atoms with E-state index in [2.05, 4.69) is 0 Å². The molecule has 0 fully saturated rings. The molecule has 80 valence electrons. The molecule has 0 saturated heterocycles. The van der Waals surface area contributed by atoms with Gasteiger partial charge < -0.3 is 10.8 Å². The van der Waals surface area contributed by atoms with Crippen LogP contribution in [0.4, 0.5) is 5.69 Å². The van der Waals surface area contributed by atoms with Crippen molar-refractivity contribution in [3.05, 3.63) is 35.4 Å².